The van der Waals surface area contributed by atoms with Gasteiger partial charge in [-0.05, 0) is 12.1 Å². The molecular formula is C11H11ClN4O. The maximum absolute atomic E-state index is 11.7. The van der Waals surface area contributed by atoms with Crippen molar-refractivity contribution in [1.29, 1.82) is 0 Å². The van der Waals surface area contributed by atoms with Crippen LogP contribution in [-0.2, 0) is 6.54 Å². The predicted molar refractivity (Wildman–Crippen MR) is 63.8 cm³/mol. The third-order valence-corrected chi connectivity index (χ3v) is 2.40. The summed E-state index contributed by atoms with van der Waals surface area (Å²) in [6, 6.07) is 3.16. The molecule has 2 heterocycles. The standard InChI is InChI=1S/C11H11ClN4O/c12-9-1-2-14-10(7-9)11(17)15-4-6-16-5-3-13-8-16/h1-3,5,7-8H,4,6H2,(H,15,17). The molecule has 0 radical (unpaired) electrons. The van der Waals surface area contributed by atoms with Gasteiger partial charge in [0.1, 0.15) is 5.69 Å². The molecule has 5 nitrogen and oxygen atoms in total. The molecule has 0 aromatic carbocycles. The number of halogens is 1. The van der Waals surface area contributed by atoms with Crippen molar-refractivity contribution in [3.63, 3.8) is 0 Å². The SMILES string of the molecule is O=C(NCCn1ccnc1)c1cc(Cl)ccn1. The fourth-order valence-electron chi connectivity index (χ4n) is 1.34. The average molecular weight is 251 g/mol. The molecule has 0 fully saturated rings. The van der Waals surface area contributed by atoms with Gasteiger partial charge < -0.3 is 9.88 Å². The molecule has 2 rings (SSSR count). The summed E-state index contributed by atoms with van der Waals surface area (Å²) in [6.45, 7) is 1.19. The van der Waals surface area contributed by atoms with Crippen molar-refractivity contribution in [1.82, 2.24) is 19.9 Å². The third kappa shape index (κ3) is 3.29. The smallest absolute Gasteiger partial charge is 0.269 e. The van der Waals surface area contributed by atoms with Crippen LogP contribution >= 0.6 is 11.6 Å². The lowest BCUT2D eigenvalue weighted by atomic mass is 10.3. The summed E-state index contributed by atoms with van der Waals surface area (Å²) >= 11 is 5.77. The molecule has 0 aliphatic heterocycles. The second-order valence-electron chi connectivity index (χ2n) is 3.42. The van der Waals surface area contributed by atoms with Crippen LogP contribution in [0.1, 0.15) is 10.5 Å². The molecule has 0 saturated heterocycles. The molecular weight excluding hydrogens is 240 g/mol. The van der Waals surface area contributed by atoms with E-state index in [1.807, 2.05) is 10.8 Å². The second-order valence-corrected chi connectivity index (χ2v) is 3.85. The Balaban J connectivity index is 1.85. The molecule has 0 saturated carbocycles. The van der Waals surface area contributed by atoms with E-state index in [-0.39, 0.29) is 5.91 Å². The number of amides is 1. The Morgan fingerprint density at radius 3 is 3.06 bits per heavy atom. The molecule has 0 bridgehead atoms. The molecule has 2 aromatic heterocycles. The van der Waals surface area contributed by atoms with Crippen LogP contribution in [0.3, 0.4) is 0 Å². The van der Waals surface area contributed by atoms with Gasteiger partial charge in [-0.2, -0.15) is 0 Å². The maximum Gasteiger partial charge on any atom is 0.269 e. The zero-order chi connectivity index (χ0) is 12.1. The zero-order valence-corrected chi connectivity index (χ0v) is 9.76. The van der Waals surface area contributed by atoms with Gasteiger partial charge in [0, 0.05) is 36.7 Å². The average Bonchev–Trinajstić information content (AvgIpc) is 2.82. The summed E-state index contributed by atoms with van der Waals surface area (Å²) in [6.07, 6.45) is 6.74. The number of aromatic nitrogens is 3. The van der Waals surface area contributed by atoms with Crippen LogP contribution in [0, 0.1) is 0 Å². The largest absolute Gasteiger partial charge is 0.349 e. The van der Waals surface area contributed by atoms with Crippen molar-refractivity contribution in [2.75, 3.05) is 6.54 Å². The molecule has 0 spiro atoms. The molecule has 0 atom stereocenters. The Bertz CT molecular complexity index is 498. The lowest BCUT2D eigenvalue weighted by molar-refractivity contribution is 0.0947. The van der Waals surface area contributed by atoms with Crippen LogP contribution in [-0.4, -0.2) is 27.0 Å². The fourth-order valence-corrected chi connectivity index (χ4v) is 1.50. The molecule has 0 aliphatic carbocycles. The first-order chi connectivity index (χ1) is 8.25. The number of carbonyl (C=O) groups excluding carboxylic acids is 1. The van der Waals surface area contributed by atoms with Crippen LogP contribution in [0.2, 0.25) is 5.02 Å². The topological polar surface area (TPSA) is 59.8 Å². The first-order valence-corrected chi connectivity index (χ1v) is 5.49. The number of hydrogen-bond acceptors (Lipinski definition) is 3. The van der Waals surface area contributed by atoms with Gasteiger partial charge in [0.05, 0.1) is 6.33 Å². The van der Waals surface area contributed by atoms with Crippen molar-refractivity contribution in [3.05, 3.63) is 47.8 Å². The number of pyridine rings is 1. The second kappa shape index (κ2) is 5.45. The normalized spacial score (nSPS) is 10.2. The van der Waals surface area contributed by atoms with E-state index in [1.54, 1.807) is 18.6 Å². The number of hydrogen-bond donors (Lipinski definition) is 1. The maximum atomic E-state index is 11.7. The monoisotopic (exact) mass is 250 g/mol. The molecule has 2 aromatic rings. The first kappa shape index (κ1) is 11.6. The van der Waals surface area contributed by atoms with E-state index in [1.165, 1.54) is 12.3 Å². The van der Waals surface area contributed by atoms with E-state index in [0.717, 1.165) is 0 Å². The third-order valence-electron chi connectivity index (χ3n) is 2.17. The van der Waals surface area contributed by atoms with Crippen LogP contribution in [0.4, 0.5) is 0 Å². The minimum Gasteiger partial charge on any atom is -0.349 e. The summed E-state index contributed by atoms with van der Waals surface area (Å²) in [7, 11) is 0. The van der Waals surface area contributed by atoms with E-state index < -0.39 is 0 Å². The zero-order valence-electron chi connectivity index (χ0n) is 9.01. The molecule has 0 aliphatic rings. The van der Waals surface area contributed by atoms with E-state index in [4.69, 9.17) is 11.6 Å². The highest BCUT2D eigenvalue weighted by molar-refractivity contribution is 6.30. The van der Waals surface area contributed by atoms with Gasteiger partial charge in [0.25, 0.3) is 5.91 Å². The molecule has 1 N–H and O–H groups in total. The van der Waals surface area contributed by atoms with Gasteiger partial charge in [-0.15, -0.1) is 0 Å². The number of nitrogens with zero attached hydrogens (tertiary/aromatic N) is 3. The summed E-state index contributed by atoms with van der Waals surface area (Å²) < 4.78 is 1.88. The minimum atomic E-state index is -0.229. The fraction of sp³-hybridized carbons (Fsp3) is 0.182. The molecule has 17 heavy (non-hydrogen) atoms. The number of carbonyl (C=O) groups is 1. The van der Waals surface area contributed by atoms with Crippen molar-refractivity contribution >= 4 is 17.5 Å². The van der Waals surface area contributed by atoms with E-state index in [2.05, 4.69) is 15.3 Å². The molecule has 0 unspecified atom stereocenters. The lowest BCUT2D eigenvalue weighted by Gasteiger charge is -2.05. The Labute approximate surface area is 103 Å². The minimum absolute atomic E-state index is 0.229. The van der Waals surface area contributed by atoms with Crippen LogP contribution < -0.4 is 5.32 Å². The Kier molecular flexibility index (Phi) is 3.72. The van der Waals surface area contributed by atoms with Gasteiger partial charge in [-0.25, -0.2) is 4.98 Å². The van der Waals surface area contributed by atoms with Crippen molar-refractivity contribution in [2.24, 2.45) is 0 Å². The van der Waals surface area contributed by atoms with Crippen molar-refractivity contribution in [2.45, 2.75) is 6.54 Å². The number of rotatable bonds is 4. The first-order valence-electron chi connectivity index (χ1n) is 5.11. The molecule has 1 amide bonds. The van der Waals surface area contributed by atoms with Gasteiger partial charge in [0.15, 0.2) is 0 Å². The summed E-state index contributed by atoms with van der Waals surface area (Å²) in [5.41, 5.74) is 0.322. The molecule has 88 valence electrons. The predicted octanol–water partition coefficient (Wildman–Crippen LogP) is 1.36. The highest BCUT2D eigenvalue weighted by Crippen LogP contribution is 2.07. The lowest BCUT2D eigenvalue weighted by Crippen LogP contribution is -2.27. The van der Waals surface area contributed by atoms with Crippen LogP contribution in [0.15, 0.2) is 37.1 Å². The number of imidazole rings is 1. The van der Waals surface area contributed by atoms with Gasteiger partial charge in [-0.3, -0.25) is 9.78 Å². The van der Waals surface area contributed by atoms with Gasteiger partial charge in [-0.1, -0.05) is 11.6 Å². The van der Waals surface area contributed by atoms with E-state index >= 15 is 0 Å². The summed E-state index contributed by atoms with van der Waals surface area (Å²) in [4.78, 5) is 19.5. The van der Waals surface area contributed by atoms with Gasteiger partial charge in [0.2, 0.25) is 0 Å². The highest BCUT2D eigenvalue weighted by atomic mass is 35.5. The number of nitrogens with one attached hydrogen (secondary N) is 1. The van der Waals surface area contributed by atoms with Crippen LogP contribution in [0.25, 0.3) is 0 Å². The molecule has 6 heteroatoms. The van der Waals surface area contributed by atoms with Crippen LogP contribution in [0.5, 0.6) is 0 Å². The van der Waals surface area contributed by atoms with E-state index in [0.29, 0.717) is 23.8 Å². The summed E-state index contributed by atoms with van der Waals surface area (Å²) in [5.74, 6) is -0.229. The van der Waals surface area contributed by atoms with Gasteiger partial charge >= 0.3 is 0 Å². The van der Waals surface area contributed by atoms with Crippen molar-refractivity contribution < 1.29 is 4.79 Å². The highest BCUT2D eigenvalue weighted by Gasteiger charge is 2.06. The van der Waals surface area contributed by atoms with Crippen molar-refractivity contribution in [3.8, 4) is 0 Å². The quantitative estimate of drug-likeness (QED) is 0.891. The summed E-state index contributed by atoms with van der Waals surface area (Å²) in [5, 5.41) is 3.26. The van der Waals surface area contributed by atoms with E-state index in [9.17, 15) is 4.79 Å². The Hall–Kier alpha value is -1.88. The Morgan fingerprint density at radius 2 is 2.35 bits per heavy atom. The Morgan fingerprint density at radius 1 is 1.47 bits per heavy atom.